The standard InChI is InChI=1S/C25H17BrN2O4S/c1-2-11-31-25(29)23(16-7-9-17(26)10-8-16)32-24-19(15-27)18(21-5-3-12-30-21)14-20(28-24)22-6-4-13-33-22/h2-10,12-14,23H,1,11H2. The summed E-state index contributed by atoms with van der Waals surface area (Å²) in [5.74, 6) is -0.117. The molecule has 1 aromatic carbocycles. The number of nitriles is 1. The number of benzene rings is 1. The lowest BCUT2D eigenvalue weighted by Gasteiger charge is -2.19. The van der Waals surface area contributed by atoms with Gasteiger partial charge in [0.1, 0.15) is 24.0 Å². The van der Waals surface area contributed by atoms with Gasteiger partial charge >= 0.3 is 5.97 Å². The predicted molar refractivity (Wildman–Crippen MR) is 129 cm³/mol. The van der Waals surface area contributed by atoms with Gasteiger partial charge in [-0.25, -0.2) is 9.78 Å². The number of hydrogen-bond acceptors (Lipinski definition) is 7. The maximum atomic E-state index is 12.9. The average Bonchev–Trinajstić information content (AvgIpc) is 3.56. The molecular formula is C25H17BrN2O4S. The Bertz CT molecular complexity index is 1290. The minimum atomic E-state index is -1.14. The number of pyridine rings is 1. The van der Waals surface area contributed by atoms with E-state index in [0.717, 1.165) is 9.35 Å². The van der Waals surface area contributed by atoms with Crippen molar-refractivity contribution in [3.63, 3.8) is 0 Å². The Hall–Kier alpha value is -3.67. The van der Waals surface area contributed by atoms with Crippen LogP contribution in [0.3, 0.4) is 0 Å². The summed E-state index contributed by atoms with van der Waals surface area (Å²) in [4.78, 5) is 18.4. The highest BCUT2D eigenvalue weighted by molar-refractivity contribution is 9.10. The summed E-state index contributed by atoms with van der Waals surface area (Å²) in [5.41, 5.74) is 1.83. The topological polar surface area (TPSA) is 85.3 Å². The lowest BCUT2D eigenvalue weighted by molar-refractivity contribution is -0.151. The molecule has 0 fully saturated rings. The van der Waals surface area contributed by atoms with Crippen LogP contribution >= 0.6 is 27.3 Å². The zero-order chi connectivity index (χ0) is 23.2. The Morgan fingerprint density at radius 2 is 2.09 bits per heavy atom. The first-order valence-corrected chi connectivity index (χ1v) is 11.5. The molecule has 8 heteroatoms. The van der Waals surface area contributed by atoms with Gasteiger partial charge in [0, 0.05) is 15.6 Å². The van der Waals surface area contributed by atoms with Crippen LogP contribution < -0.4 is 4.74 Å². The minimum absolute atomic E-state index is 0.0123. The molecule has 3 aromatic heterocycles. The third kappa shape index (κ3) is 5.06. The van der Waals surface area contributed by atoms with Crippen molar-refractivity contribution in [2.24, 2.45) is 0 Å². The SMILES string of the molecule is C=CCOC(=O)C(Oc1nc(-c2cccs2)cc(-c2ccco2)c1C#N)c1ccc(Br)cc1. The summed E-state index contributed by atoms with van der Waals surface area (Å²) in [6.07, 6.45) is 1.86. The number of hydrogen-bond donors (Lipinski definition) is 0. The van der Waals surface area contributed by atoms with Gasteiger partial charge in [0.25, 0.3) is 0 Å². The molecule has 164 valence electrons. The maximum Gasteiger partial charge on any atom is 0.352 e. The van der Waals surface area contributed by atoms with Crippen LogP contribution in [0.1, 0.15) is 17.2 Å². The Kier molecular flexibility index (Phi) is 7.03. The predicted octanol–water partition coefficient (Wildman–Crippen LogP) is 6.55. The number of esters is 1. The van der Waals surface area contributed by atoms with Gasteiger partial charge in [0.15, 0.2) is 0 Å². The van der Waals surface area contributed by atoms with Crippen LogP contribution in [0.15, 0.2) is 87.8 Å². The summed E-state index contributed by atoms with van der Waals surface area (Å²) in [7, 11) is 0. The average molecular weight is 521 g/mol. The van der Waals surface area contributed by atoms with E-state index in [0.29, 0.717) is 22.6 Å². The lowest BCUT2D eigenvalue weighted by Crippen LogP contribution is -2.22. The molecule has 0 bridgehead atoms. The van der Waals surface area contributed by atoms with Gasteiger partial charge < -0.3 is 13.9 Å². The Balaban J connectivity index is 1.84. The molecule has 0 N–H and O–H groups in total. The molecule has 0 amide bonds. The van der Waals surface area contributed by atoms with E-state index in [4.69, 9.17) is 13.9 Å². The highest BCUT2D eigenvalue weighted by Crippen LogP contribution is 2.37. The zero-order valence-electron chi connectivity index (χ0n) is 17.2. The molecule has 0 aliphatic heterocycles. The van der Waals surface area contributed by atoms with Gasteiger partial charge in [0.05, 0.1) is 16.8 Å². The first-order valence-electron chi connectivity index (χ1n) is 9.83. The van der Waals surface area contributed by atoms with Crippen molar-refractivity contribution < 1.29 is 18.7 Å². The molecule has 1 atom stereocenters. The molecule has 33 heavy (non-hydrogen) atoms. The molecule has 0 saturated carbocycles. The summed E-state index contributed by atoms with van der Waals surface area (Å²) < 4.78 is 17.8. The second kappa shape index (κ2) is 10.3. The van der Waals surface area contributed by atoms with Gasteiger partial charge in [-0.1, -0.05) is 46.8 Å². The highest BCUT2D eigenvalue weighted by atomic mass is 79.9. The van der Waals surface area contributed by atoms with E-state index in [1.807, 2.05) is 17.5 Å². The van der Waals surface area contributed by atoms with Crippen LogP contribution in [-0.4, -0.2) is 17.6 Å². The summed E-state index contributed by atoms with van der Waals surface area (Å²) in [6, 6.07) is 18.3. The quantitative estimate of drug-likeness (QED) is 0.193. The number of furan rings is 1. The number of nitrogens with zero attached hydrogens (tertiary/aromatic N) is 2. The van der Waals surface area contributed by atoms with E-state index in [1.165, 1.54) is 23.7 Å². The first kappa shape index (κ1) is 22.5. The van der Waals surface area contributed by atoms with Gasteiger partial charge in [-0.3, -0.25) is 0 Å². The number of halogens is 1. The van der Waals surface area contributed by atoms with Crippen LogP contribution in [0.2, 0.25) is 0 Å². The van der Waals surface area contributed by atoms with Crippen molar-refractivity contribution in [1.29, 1.82) is 5.26 Å². The third-order valence-corrected chi connectivity index (χ3v) is 6.04. The number of thiophene rings is 1. The van der Waals surface area contributed by atoms with E-state index in [2.05, 4.69) is 33.6 Å². The van der Waals surface area contributed by atoms with Crippen molar-refractivity contribution in [3.05, 3.63) is 94.5 Å². The third-order valence-electron chi connectivity index (χ3n) is 4.62. The Morgan fingerprint density at radius 1 is 1.27 bits per heavy atom. The van der Waals surface area contributed by atoms with Crippen molar-refractivity contribution in [1.82, 2.24) is 4.98 Å². The minimum Gasteiger partial charge on any atom is -0.464 e. The Labute approximate surface area is 202 Å². The molecule has 1 unspecified atom stereocenters. The van der Waals surface area contributed by atoms with Crippen molar-refractivity contribution in [2.75, 3.05) is 6.61 Å². The highest BCUT2D eigenvalue weighted by Gasteiger charge is 2.28. The fourth-order valence-corrected chi connectivity index (χ4v) is 4.06. The second-order valence-corrected chi connectivity index (χ2v) is 8.63. The van der Waals surface area contributed by atoms with Crippen molar-refractivity contribution in [2.45, 2.75) is 6.10 Å². The number of carbonyl (C=O) groups is 1. The molecule has 0 spiro atoms. The maximum absolute atomic E-state index is 12.9. The van der Waals surface area contributed by atoms with Crippen LogP contribution in [-0.2, 0) is 9.53 Å². The molecule has 4 rings (SSSR count). The second-order valence-electron chi connectivity index (χ2n) is 6.77. The molecule has 0 saturated heterocycles. The van der Waals surface area contributed by atoms with E-state index in [9.17, 15) is 10.1 Å². The molecular weight excluding hydrogens is 504 g/mol. The molecule has 0 radical (unpaired) electrons. The number of carbonyl (C=O) groups excluding carboxylic acids is 1. The van der Waals surface area contributed by atoms with E-state index in [-0.39, 0.29) is 18.1 Å². The summed E-state index contributed by atoms with van der Waals surface area (Å²) in [6.45, 7) is 3.61. The normalized spacial score (nSPS) is 11.4. The monoisotopic (exact) mass is 520 g/mol. The van der Waals surface area contributed by atoms with Crippen LogP contribution in [0.5, 0.6) is 5.88 Å². The van der Waals surface area contributed by atoms with Crippen LogP contribution in [0, 0.1) is 11.3 Å². The molecule has 3 heterocycles. The van der Waals surface area contributed by atoms with Gasteiger partial charge in [-0.15, -0.1) is 11.3 Å². The summed E-state index contributed by atoms with van der Waals surface area (Å²) in [5, 5.41) is 11.9. The zero-order valence-corrected chi connectivity index (χ0v) is 19.6. The molecule has 4 aromatic rings. The molecule has 0 aliphatic rings. The summed E-state index contributed by atoms with van der Waals surface area (Å²) >= 11 is 4.89. The van der Waals surface area contributed by atoms with Gasteiger partial charge in [-0.2, -0.15) is 5.26 Å². The van der Waals surface area contributed by atoms with E-state index < -0.39 is 12.1 Å². The first-order chi connectivity index (χ1) is 16.1. The van der Waals surface area contributed by atoms with Crippen LogP contribution in [0.4, 0.5) is 0 Å². The number of ether oxygens (including phenoxy) is 2. The fourth-order valence-electron chi connectivity index (χ4n) is 3.11. The number of aromatic nitrogens is 1. The largest absolute Gasteiger partial charge is 0.464 e. The van der Waals surface area contributed by atoms with Crippen LogP contribution in [0.25, 0.3) is 21.9 Å². The van der Waals surface area contributed by atoms with E-state index >= 15 is 0 Å². The van der Waals surface area contributed by atoms with Gasteiger partial charge in [0.2, 0.25) is 12.0 Å². The molecule has 6 nitrogen and oxygen atoms in total. The lowest BCUT2D eigenvalue weighted by atomic mass is 10.1. The Morgan fingerprint density at radius 3 is 2.73 bits per heavy atom. The van der Waals surface area contributed by atoms with Crippen molar-refractivity contribution in [3.8, 4) is 33.8 Å². The van der Waals surface area contributed by atoms with Crippen molar-refractivity contribution >= 4 is 33.2 Å². The molecule has 0 aliphatic carbocycles. The van der Waals surface area contributed by atoms with E-state index in [1.54, 1.807) is 42.5 Å². The smallest absolute Gasteiger partial charge is 0.352 e. The number of rotatable bonds is 8. The fraction of sp³-hybridized carbons (Fsp3) is 0.0800. The van der Waals surface area contributed by atoms with Gasteiger partial charge in [-0.05, 0) is 41.8 Å².